The van der Waals surface area contributed by atoms with Crippen molar-refractivity contribution in [1.29, 1.82) is 0 Å². The number of benzene rings is 1. The van der Waals surface area contributed by atoms with Crippen LogP contribution in [0, 0.1) is 0 Å². The van der Waals surface area contributed by atoms with E-state index in [1.54, 1.807) is 23.1 Å². The summed E-state index contributed by atoms with van der Waals surface area (Å²) >= 11 is 5.84. The van der Waals surface area contributed by atoms with Gasteiger partial charge in [0.25, 0.3) is 0 Å². The first-order chi connectivity index (χ1) is 8.06. The Morgan fingerprint density at radius 2 is 2.29 bits per heavy atom. The molecule has 90 valence electrons. The first kappa shape index (κ1) is 11.7. The summed E-state index contributed by atoms with van der Waals surface area (Å²) in [6, 6.07) is 5.01. The van der Waals surface area contributed by atoms with Crippen molar-refractivity contribution in [1.82, 2.24) is 0 Å². The number of nitrogens with zero attached hydrogens (tertiary/aromatic N) is 1. The third kappa shape index (κ3) is 2.68. The normalized spacial score (nSPS) is 14.9. The van der Waals surface area contributed by atoms with E-state index in [1.165, 1.54) is 0 Å². The van der Waals surface area contributed by atoms with E-state index >= 15 is 0 Å². The topological polar surface area (TPSA) is 69.6 Å². The Kier molecular flexibility index (Phi) is 3.19. The number of hydrogen-bond acceptors (Lipinski definition) is 3. The van der Waals surface area contributed by atoms with Crippen LogP contribution in [0.25, 0.3) is 0 Å². The van der Waals surface area contributed by atoms with E-state index in [2.05, 4.69) is 5.32 Å². The van der Waals surface area contributed by atoms with Crippen LogP contribution in [-0.4, -0.2) is 30.1 Å². The zero-order chi connectivity index (χ0) is 12.4. The number of amides is 1. The number of halogens is 1. The summed E-state index contributed by atoms with van der Waals surface area (Å²) in [7, 11) is 0. The molecule has 0 unspecified atom stereocenters. The molecule has 0 aliphatic carbocycles. The van der Waals surface area contributed by atoms with Crippen molar-refractivity contribution in [2.45, 2.75) is 6.42 Å². The van der Waals surface area contributed by atoms with Gasteiger partial charge in [-0.3, -0.25) is 9.59 Å². The molecule has 1 aromatic carbocycles. The standard InChI is InChI=1S/C11H11ClN2O3/c12-7-1-2-9-8(5-7)13-10(15)3-4-14(9)6-11(16)17/h1-2,5H,3-4,6H2,(H,13,15)(H,16,17). The minimum absolute atomic E-state index is 0.135. The van der Waals surface area contributed by atoms with Gasteiger partial charge in [-0.1, -0.05) is 11.6 Å². The highest BCUT2D eigenvalue weighted by Gasteiger charge is 2.20. The number of carboxylic acids is 1. The SMILES string of the molecule is O=C(O)CN1CCC(=O)Nc2cc(Cl)ccc21. The lowest BCUT2D eigenvalue weighted by atomic mass is 10.2. The van der Waals surface area contributed by atoms with Crippen molar-refractivity contribution in [3.8, 4) is 0 Å². The molecule has 0 radical (unpaired) electrons. The van der Waals surface area contributed by atoms with E-state index in [-0.39, 0.29) is 18.9 Å². The molecule has 5 nitrogen and oxygen atoms in total. The molecule has 0 saturated heterocycles. The summed E-state index contributed by atoms with van der Waals surface area (Å²) in [5.74, 6) is -1.07. The zero-order valence-corrected chi connectivity index (χ0v) is 9.70. The van der Waals surface area contributed by atoms with Gasteiger partial charge >= 0.3 is 5.97 Å². The molecule has 0 fully saturated rings. The Morgan fingerprint density at radius 1 is 1.53 bits per heavy atom. The molecule has 2 N–H and O–H groups in total. The maximum atomic E-state index is 11.5. The Bertz CT molecular complexity index is 476. The predicted molar refractivity (Wildman–Crippen MR) is 64.5 cm³/mol. The molecule has 1 aliphatic heterocycles. The second-order valence-electron chi connectivity index (χ2n) is 3.77. The van der Waals surface area contributed by atoms with Crippen LogP contribution in [0.4, 0.5) is 11.4 Å². The summed E-state index contributed by atoms with van der Waals surface area (Å²) in [5.41, 5.74) is 1.24. The molecule has 2 rings (SSSR count). The number of aliphatic carboxylic acids is 1. The molecule has 1 aromatic rings. The summed E-state index contributed by atoms with van der Waals surface area (Å²) in [4.78, 5) is 23.9. The number of anilines is 2. The Labute approximate surface area is 103 Å². The number of carbonyl (C=O) groups is 2. The summed E-state index contributed by atoms with van der Waals surface area (Å²) in [6.07, 6.45) is 0.263. The molecule has 0 bridgehead atoms. The van der Waals surface area contributed by atoms with Crippen LogP contribution in [0.15, 0.2) is 18.2 Å². The number of rotatable bonds is 2. The molecule has 1 heterocycles. The number of carbonyl (C=O) groups excluding carboxylic acids is 1. The number of carboxylic acid groups (broad SMARTS) is 1. The third-order valence-electron chi connectivity index (χ3n) is 2.51. The molecule has 1 amide bonds. The fourth-order valence-electron chi connectivity index (χ4n) is 1.78. The molecule has 0 saturated carbocycles. The predicted octanol–water partition coefficient (Wildman–Crippen LogP) is 1.57. The largest absolute Gasteiger partial charge is 0.480 e. The van der Waals surface area contributed by atoms with Crippen LogP contribution in [0.1, 0.15) is 6.42 Å². The highest BCUT2D eigenvalue weighted by Crippen LogP contribution is 2.31. The van der Waals surface area contributed by atoms with Gasteiger partial charge in [0.2, 0.25) is 5.91 Å². The third-order valence-corrected chi connectivity index (χ3v) is 2.74. The van der Waals surface area contributed by atoms with Crippen LogP contribution >= 0.6 is 11.6 Å². The van der Waals surface area contributed by atoms with E-state index < -0.39 is 5.97 Å². The first-order valence-electron chi connectivity index (χ1n) is 5.12. The minimum Gasteiger partial charge on any atom is -0.480 e. The summed E-state index contributed by atoms with van der Waals surface area (Å²) < 4.78 is 0. The van der Waals surface area contributed by atoms with Gasteiger partial charge in [-0.15, -0.1) is 0 Å². The fraction of sp³-hybridized carbons (Fsp3) is 0.273. The Balaban J connectivity index is 2.39. The van der Waals surface area contributed by atoms with Crippen LogP contribution in [0.3, 0.4) is 0 Å². The second kappa shape index (κ2) is 4.63. The molecular formula is C11H11ClN2O3. The lowest BCUT2D eigenvalue weighted by molar-refractivity contribution is -0.135. The van der Waals surface area contributed by atoms with Crippen molar-refractivity contribution in [2.75, 3.05) is 23.3 Å². The highest BCUT2D eigenvalue weighted by molar-refractivity contribution is 6.31. The molecule has 0 aromatic heterocycles. The van der Waals surface area contributed by atoms with Gasteiger partial charge in [-0.2, -0.15) is 0 Å². The van der Waals surface area contributed by atoms with Crippen molar-refractivity contribution in [3.63, 3.8) is 0 Å². The average molecular weight is 255 g/mol. The fourth-order valence-corrected chi connectivity index (χ4v) is 1.95. The van der Waals surface area contributed by atoms with Crippen molar-refractivity contribution in [3.05, 3.63) is 23.2 Å². The van der Waals surface area contributed by atoms with E-state index in [9.17, 15) is 9.59 Å². The average Bonchev–Trinajstić information content (AvgIpc) is 2.37. The van der Waals surface area contributed by atoms with E-state index in [0.29, 0.717) is 22.9 Å². The van der Waals surface area contributed by atoms with Crippen molar-refractivity contribution < 1.29 is 14.7 Å². The first-order valence-corrected chi connectivity index (χ1v) is 5.50. The molecule has 6 heteroatoms. The lowest BCUT2D eigenvalue weighted by Gasteiger charge is -2.21. The Morgan fingerprint density at radius 3 is 3.00 bits per heavy atom. The van der Waals surface area contributed by atoms with E-state index in [4.69, 9.17) is 16.7 Å². The van der Waals surface area contributed by atoms with Gasteiger partial charge in [-0.05, 0) is 18.2 Å². The summed E-state index contributed by atoms with van der Waals surface area (Å²) in [5, 5.41) is 12.0. The van der Waals surface area contributed by atoms with E-state index in [0.717, 1.165) is 0 Å². The molecule has 0 spiro atoms. The summed E-state index contributed by atoms with van der Waals surface area (Å²) in [6.45, 7) is 0.246. The smallest absolute Gasteiger partial charge is 0.323 e. The van der Waals surface area contributed by atoms with Crippen molar-refractivity contribution in [2.24, 2.45) is 0 Å². The molecular weight excluding hydrogens is 244 g/mol. The zero-order valence-electron chi connectivity index (χ0n) is 8.94. The second-order valence-corrected chi connectivity index (χ2v) is 4.21. The van der Waals surface area contributed by atoms with Gasteiger partial charge < -0.3 is 15.3 Å². The Hall–Kier alpha value is -1.75. The van der Waals surface area contributed by atoms with Gasteiger partial charge in [0.05, 0.1) is 11.4 Å². The quantitative estimate of drug-likeness (QED) is 0.841. The van der Waals surface area contributed by atoms with Crippen LogP contribution < -0.4 is 10.2 Å². The molecule has 0 atom stereocenters. The highest BCUT2D eigenvalue weighted by atomic mass is 35.5. The van der Waals surface area contributed by atoms with Crippen LogP contribution in [0.5, 0.6) is 0 Å². The van der Waals surface area contributed by atoms with Gasteiger partial charge in [0.1, 0.15) is 6.54 Å². The molecule has 17 heavy (non-hydrogen) atoms. The van der Waals surface area contributed by atoms with Gasteiger partial charge in [0.15, 0.2) is 0 Å². The van der Waals surface area contributed by atoms with E-state index in [1.807, 2.05) is 0 Å². The van der Waals surface area contributed by atoms with Crippen LogP contribution in [-0.2, 0) is 9.59 Å². The number of fused-ring (bicyclic) bond motifs is 1. The van der Waals surface area contributed by atoms with Crippen molar-refractivity contribution >= 4 is 34.9 Å². The maximum Gasteiger partial charge on any atom is 0.323 e. The van der Waals surface area contributed by atoms with Gasteiger partial charge in [0, 0.05) is 18.0 Å². The number of nitrogens with one attached hydrogen (secondary N) is 1. The van der Waals surface area contributed by atoms with Crippen LogP contribution in [0.2, 0.25) is 5.02 Å². The maximum absolute atomic E-state index is 11.5. The monoisotopic (exact) mass is 254 g/mol. The minimum atomic E-state index is -0.930. The van der Waals surface area contributed by atoms with Gasteiger partial charge in [-0.25, -0.2) is 0 Å². The lowest BCUT2D eigenvalue weighted by Crippen LogP contribution is -2.30. The number of hydrogen-bond donors (Lipinski definition) is 2. The molecule has 1 aliphatic rings.